The van der Waals surface area contributed by atoms with E-state index in [9.17, 15) is 0 Å². The van der Waals surface area contributed by atoms with E-state index in [4.69, 9.17) is 0 Å². The molecule has 2 rings (SSSR count). The lowest BCUT2D eigenvalue weighted by Gasteiger charge is -2.12. The van der Waals surface area contributed by atoms with Gasteiger partial charge in [0.1, 0.15) is 0 Å². The molecule has 3 heteroatoms. The van der Waals surface area contributed by atoms with Gasteiger partial charge >= 0.3 is 0 Å². The van der Waals surface area contributed by atoms with Gasteiger partial charge in [-0.3, -0.25) is 0 Å². The van der Waals surface area contributed by atoms with E-state index in [0.717, 1.165) is 19.0 Å². The van der Waals surface area contributed by atoms with Gasteiger partial charge < -0.3 is 9.88 Å². The lowest BCUT2D eigenvalue weighted by molar-refractivity contribution is 0.537. The van der Waals surface area contributed by atoms with Crippen molar-refractivity contribution >= 4 is 0 Å². The second-order valence-electron chi connectivity index (χ2n) is 5.15. The van der Waals surface area contributed by atoms with Crippen LogP contribution in [0.3, 0.4) is 0 Å². The van der Waals surface area contributed by atoms with Crippen molar-refractivity contribution in [3.8, 4) is 0 Å². The van der Waals surface area contributed by atoms with Crippen molar-refractivity contribution in [1.82, 2.24) is 14.9 Å². The number of nitrogens with zero attached hydrogens (tertiary/aromatic N) is 2. The average Bonchev–Trinajstić information content (AvgIpc) is 2.94. The molecule has 1 fully saturated rings. The molecule has 1 N–H and O–H groups in total. The molecule has 3 nitrogen and oxygen atoms in total. The highest BCUT2D eigenvalue weighted by Gasteiger charge is 2.19. The molecule has 0 unspecified atom stereocenters. The first-order valence-corrected chi connectivity index (χ1v) is 6.49. The predicted octanol–water partition coefficient (Wildman–Crippen LogP) is 2.74. The van der Waals surface area contributed by atoms with Crippen LogP contribution in [0.25, 0.3) is 0 Å². The molecule has 1 aliphatic rings. The minimum Gasteiger partial charge on any atom is -0.331 e. The highest BCUT2D eigenvalue weighted by molar-refractivity contribution is 4.99. The summed E-state index contributed by atoms with van der Waals surface area (Å²) in [5, 5.41) is 3.51. The van der Waals surface area contributed by atoms with E-state index in [1.165, 1.54) is 31.4 Å². The van der Waals surface area contributed by atoms with Gasteiger partial charge in [-0.15, -0.1) is 0 Å². The van der Waals surface area contributed by atoms with Crippen LogP contribution in [0.15, 0.2) is 12.5 Å². The fraction of sp³-hybridized carbons (Fsp3) is 0.769. The van der Waals surface area contributed by atoms with E-state index in [2.05, 4.69) is 28.7 Å². The smallest absolute Gasteiger partial charge is 0.0951 e. The molecule has 0 radical (unpaired) electrons. The van der Waals surface area contributed by atoms with Crippen LogP contribution in [0, 0.1) is 5.92 Å². The third-order valence-electron chi connectivity index (χ3n) is 3.27. The molecule has 90 valence electrons. The van der Waals surface area contributed by atoms with Crippen molar-refractivity contribution in [1.29, 1.82) is 0 Å². The summed E-state index contributed by atoms with van der Waals surface area (Å²) in [5.74, 6) is 1.06. The maximum Gasteiger partial charge on any atom is 0.0951 e. The Bertz CT molecular complexity index is 313. The SMILES string of the molecule is CC(C)n1cncc1CNCCCC1CC1. The van der Waals surface area contributed by atoms with Crippen LogP contribution in [0.4, 0.5) is 0 Å². The van der Waals surface area contributed by atoms with E-state index in [0.29, 0.717) is 6.04 Å². The summed E-state index contributed by atoms with van der Waals surface area (Å²) in [7, 11) is 0. The molecule has 1 saturated carbocycles. The van der Waals surface area contributed by atoms with Crippen LogP contribution in [0.2, 0.25) is 0 Å². The molecule has 0 saturated heterocycles. The number of hydrogen-bond acceptors (Lipinski definition) is 2. The minimum atomic E-state index is 0.505. The highest BCUT2D eigenvalue weighted by atomic mass is 15.1. The van der Waals surface area contributed by atoms with Gasteiger partial charge in [0.25, 0.3) is 0 Å². The highest BCUT2D eigenvalue weighted by Crippen LogP contribution is 2.33. The van der Waals surface area contributed by atoms with Gasteiger partial charge in [0.15, 0.2) is 0 Å². The van der Waals surface area contributed by atoms with Crippen molar-refractivity contribution < 1.29 is 0 Å². The molecule has 0 spiro atoms. The third kappa shape index (κ3) is 3.34. The van der Waals surface area contributed by atoms with Crippen molar-refractivity contribution in [3.63, 3.8) is 0 Å². The summed E-state index contributed by atoms with van der Waals surface area (Å²) in [6.45, 7) is 6.47. The Morgan fingerprint density at radius 2 is 2.31 bits per heavy atom. The molecule has 0 atom stereocenters. The number of imidazole rings is 1. The van der Waals surface area contributed by atoms with E-state index in [1.54, 1.807) is 0 Å². The van der Waals surface area contributed by atoms with E-state index >= 15 is 0 Å². The van der Waals surface area contributed by atoms with Crippen LogP contribution < -0.4 is 5.32 Å². The van der Waals surface area contributed by atoms with Gasteiger partial charge in [-0.25, -0.2) is 4.98 Å². The summed E-state index contributed by atoms with van der Waals surface area (Å²) in [6, 6.07) is 0.505. The fourth-order valence-corrected chi connectivity index (χ4v) is 2.07. The maximum absolute atomic E-state index is 4.20. The van der Waals surface area contributed by atoms with Gasteiger partial charge in [0.2, 0.25) is 0 Å². The molecule has 1 heterocycles. The Kier molecular flexibility index (Phi) is 3.99. The Labute approximate surface area is 98.3 Å². The van der Waals surface area contributed by atoms with Crippen LogP contribution in [0.1, 0.15) is 51.3 Å². The summed E-state index contributed by atoms with van der Waals surface area (Å²) < 4.78 is 2.23. The van der Waals surface area contributed by atoms with Crippen LogP contribution in [-0.2, 0) is 6.54 Å². The summed E-state index contributed by atoms with van der Waals surface area (Å²) in [4.78, 5) is 4.20. The Hall–Kier alpha value is -0.830. The van der Waals surface area contributed by atoms with E-state index in [-0.39, 0.29) is 0 Å². The number of aromatic nitrogens is 2. The zero-order valence-corrected chi connectivity index (χ0v) is 10.4. The molecule has 1 aromatic rings. The molecular formula is C13H23N3. The van der Waals surface area contributed by atoms with Gasteiger partial charge in [0, 0.05) is 18.8 Å². The predicted molar refractivity (Wildman–Crippen MR) is 66.3 cm³/mol. The minimum absolute atomic E-state index is 0.505. The molecule has 1 aromatic heterocycles. The van der Waals surface area contributed by atoms with Crippen LogP contribution in [-0.4, -0.2) is 16.1 Å². The van der Waals surface area contributed by atoms with Crippen molar-refractivity contribution in [2.75, 3.05) is 6.54 Å². The first-order valence-electron chi connectivity index (χ1n) is 6.49. The van der Waals surface area contributed by atoms with Crippen LogP contribution >= 0.6 is 0 Å². The van der Waals surface area contributed by atoms with Gasteiger partial charge in [-0.05, 0) is 39.2 Å². The van der Waals surface area contributed by atoms with Crippen molar-refractivity contribution in [2.45, 2.75) is 52.1 Å². The van der Waals surface area contributed by atoms with Crippen LogP contribution in [0.5, 0.6) is 0 Å². The standard InChI is InChI=1S/C13H23N3/c1-11(2)16-10-15-9-13(16)8-14-7-3-4-12-5-6-12/h9-12,14H,3-8H2,1-2H3. The first kappa shape index (κ1) is 11.6. The Morgan fingerprint density at radius 1 is 1.50 bits per heavy atom. The fourth-order valence-electron chi connectivity index (χ4n) is 2.07. The molecule has 1 aliphatic carbocycles. The maximum atomic E-state index is 4.20. The van der Waals surface area contributed by atoms with E-state index < -0.39 is 0 Å². The molecule has 0 bridgehead atoms. The summed E-state index contributed by atoms with van der Waals surface area (Å²) in [6.07, 6.45) is 9.57. The van der Waals surface area contributed by atoms with Gasteiger partial charge in [0.05, 0.1) is 12.0 Å². The second-order valence-corrected chi connectivity index (χ2v) is 5.15. The third-order valence-corrected chi connectivity index (χ3v) is 3.27. The monoisotopic (exact) mass is 221 g/mol. The van der Waals surface area contributed by atoms with E-state index in [1.807, 2.05) is 12.5 Å². The zero-order valence-electron chi connectivity index (χ0n) is 10.4. The number of hydrogen-bond donors (Lipinski definition) is 1. The van der Waals surface area contributed by atoms with Gasteiger partial charge in [-0.2, -0.15) is 0 Å². The number of nitrogens with one attached hydrogen (secondary N) is 1. The van der Waals surface area contributed by atoms with Crippen molar-refractivity contribution in [3.05, 3.63) is 18.2 Å². The lowest BCUT2D eigenvalue weighted by atomic mass is 10.2. The van der Waals surface area contributed by atoms with Gasteiger partial charge in [-0.1, -0.05) is 12.8 Å². The first-order chi connectivity index (χ1) is 7.77. The molecule has 0 aliphatic heterocycles. The molecule has 0 amide bonds. The quantitative estimate of drug-likeness (QED) is 0.717. The Morgan fingerprint density at radius 3 is 3.00 bits per heavy atom. The summed E-state index contributed by atoms with van der Waals surface area (Å²) >= 11 is 0. The lowest BCUT2D eigenvalue weighted by Crippen LogP contribution is -2.18. The summed E-state index contributed by atoms with van der Waals surface area (Å²) in [5.41, 5.74) is 1.29. The molecule has 16 heavy (non-hydrogen) atoms. The topological polar surface area (TPSA) is 29.9 Å². The average molecular weight is 221 g/mol. The van der Waals surface area contributed by atoms with Crippen molar-refractivity contribution in [2.24, 2.45) is 5.92 Å². The normalized spacial score (nSPS) is 15.9. The zero-order chi connectivity index (χ0) is 11.4. The Balaban J connectivity index is 1.65. The second kappa shape index (κ2) is 5.48. The number of rotatable bonds is 7. The molecule has 0 aromatic carbocycles. The molecular weight excluding hydrogens is 198 g/mol. The largest absolute Gasteiger partial charge is 0.331 e.